The lowest BCUT2D eigenvalue weighted by Crippen LogP contribution is -2.51. The Bertz CT molecular complexity index is 865. The third kappa shape index (κ3) is 3.97. The van der Waals surface area contributed by atoms with Gasteiger partial charge in [0, 0.05) is 29.9 Å². The first-order chi connectivity index (χ1) is 14.0. The highest BCUT2D eigenvalue weighted by Crippen LogP contribution is 2.31. The summed E-state index contributed by atoms with van der Waals surface area (Å²) in [4.78, 5) is 15.4. The fourth-order valence-corrected chi connectivity index (χ4v) is 5.24. The van der Waals surface area contributed by atoms with E-state index in [-0.39, 0.29) is 5.91 Å². The number of aromatic nitrogens is 4. The van der Waals surface area contributed by atoms with E-state index in [0.29, 0.717) is 23.7 Å². The fourth-order valence-electron chi connectivity index (χ4n) is 5.24. The van der Waals surface area contributed by atoms with E-state index < -0.39 is 0 Å². The Hall–Kier alpha value is -2.15. The van der Waals surface area contributed by atoms with Crippen LogP contribution in [0.1, 0.15) is 73.9 Å². The molecule has 0 bridgehead atoms. The smallest absolute Gasteiger partial charge is 0.269 e. The van der Waals surface area contributed by atoms with Crippen LogP contribution in [0.5, 0.6) is 0 Å². The number of H-pyrrole nitrogens is 1. The molecule has 2 N–H and O–H groups in total. The molecule has 2 fully saturated rings. The largest absolute Gasteiger partial charge is 0.350 e. The normalized spacial score (nSPS) is 22.7. The van der Waals surface area contributed by atoms with Gasteiger partial charge in [-0.1, -0.05) is 6.42 Å². The van der Waals surface area contributed by atoms with Crippen molar-refractivity contribution in [2.24, 2.45) is 5.92 Å². The zero-order valence-corrected chi connectivity index (χ0v) is 18.2. The average Bonchev–Trinajstić information content (AvgIpc) is 3.30. The minimum Gasteiger partial charge on any atom is -0.350 e. The summed E-state index contributed by atoms with van der Waals surface area (Å²) in [6, 6.07) is 2.78. The molecular weight excluding hydrogens is 364 g/mol. The van der Waals surface area contributed by atoms with Gasteiger partial charge in [-0.15, -0.1) is 0 Å². The van der Waals surface area contributed by atoms with Gasteiger partial charge < -0.3 is 10.2 Å². The van der Waals surface area contributed by atoms with Crippen molar-refractivity contribution in [3.8, 4) is 11.3 Å². The number of nitrogens with one attached hydrogen (secondary N) is 2. The van der Waals surface area contributed by atoms with Gasteiger partial charge >= 0.3 is 0 Å². The Morgan fingerprint density at radius 2 is 2.03 bits per heavy atom. The second-order valence-electron chi connectivity index (χ2n) is 8.96. The molecule has 2 atom stereocenters. The van der Waals surface area contributed by atoms with Gasteiger partial charge in [0.25, 0.3) is 5.91 Å². The molecule has 2 saturated heterocycles. The van der Waals surface area contributed by atoms with E-state index in [4.69, 9.17) is 0 Å². The van der Waals surface area contributed by atoms with Crippen LogP contribution in [0.25, 0.3) is 11.3 Å². The predicted octanol–water partition coefficient (Wildman–Crippen LogP) is 3.47. The highest BCUT2D eigenvalue weighted by Gasteiger charge is 2.33. The third-order valence-corrected chi connectivity index (χ3v) is 6.65. The van der Waals surface area contributed by atoms with Crippen LogP contribution in [0.15, 0.2) is 6.07 Å². The maximum absolute atomic E-state index is 12.8. The Labute approximate surface area is 173 Å². The van der Waals surface area contributed by atoms with Gasteiger partial charge in [0.05, 0.1) is 11.4 Å². The van der Waals surface area contributed by atoms with Crippen molar-refractivity contribution in [3.05, 3.63) is 23.1 Å². The zero-order chi connectivity index (χ0) is 20.5. The molecule has 2 aromatic rings. The van der Waals surface area contributed by atoms with E-state index in [1.54, 1.807) is 0 Å². The summed E-state index contributed by atoms with van der Waals surface area (Å²) in [5.74, 6) is 0.493. The first kappa shape index (κ1) is 20.1. The lowest BCUT2D eigenvalue weighted by atomic mass is 9.83. The van der Waals surface area contributed by atoms with Gasteiger partial charge in [-0.3, -0.25) is 14.6 Å². The van der Waals surface area contributed by atoms with E-state index in [0.717, 1.165) is 29.2 Å². The summed E-state index contributed by atoms with van der Waals surface area (Å²) in [5, 5.41) is 15.1. The SMILES string of the molecule is Cc1nn(C(C)C)c(C)c1-c1cc(C(=O)NC[C@H]2CCCN3CCCC[C@H]23)[nH]n1. The summed E-state index contributed by atoms with van der Waals surface area (Å²) in [6.07, 6.45) is 6.36. The van der Waals surface area contributed by atoms with Gasteiger partial charge in [0.15, 0.2) is 0 Å². The van der Waals surface area contributed by atoms with Crippen LogP contribution in [0.4, 0.5) is 0 Å². The van der Waals surface area contributed by atoms with Crippen molar-refractivity contribution in [1.29, 1.82) is 0 Å². The molecule has 0 spiro atoms. The summed E-state index contributed by atoms with van der Waals surface area (Å²) < 4.78 is 2.01. The number of carbonyl (C=O) groups is 1. The lowest BCUT2D eigenvalue weighted by Gasteiger charge is -2.44. The Morgan fingerprint density at radius 1 is 1.24 bits per heavy atom. The third-order valence-electron chi connectivity index (χ3n) is 6.65. The van der Waals surface area contributed by atoms with Crippen LogP contribution in [0.3, 0.4) is 0 Å². The van der Waals surface area contributed by atoms with Crippen LogP contribution in [-0.4, -0.2) is 56.5 Å². The van der Waals surface area contributed by atoms with Gasteiger partial charge in [-0.2, -0.15) is 10.2 Å². The summed E-state index contributed by atoms with van der Waals surface area (Å²) in [6.45, 7) is 11.5. The second kappa shape index (κ2) is 8.30. The second-order valence-corrected chi connectivity index (χ2v) is 8.96. The fraction of sp³-hybridized carbons (Fsp3) is 0.682. The summed E-state index contributed by atoms with van der Waals surface area (Å²) >= 11 is 0. The van der Waals surface area contributed by atoms with Crippen molar-refractivity contribution in [1.82, 2.24) is 30.2 Å². The molecule has 0 aromatic carbocycles. The van der Waals surface area contributed by atoms with Gasteiger partial charge in [-0.25, -0.2) is 0 Å². The molecule has 2 aliphatic rings. The number of hydrogen-bond acceptors (Lipinski definition) is 4. The molecule has 4 heterocycles. The molecule has 1 amide bonds. The molecule has 0 unspecified atom stereocenters. The Kier molecular flexibility index (Phi) is 5.76. The van der Waals surface area contributed by atoms with Crippen molar-refractivity contribution in [2.45, 2.75) is 71.9 Å². The van der Waals surface area contributed by atoms with E-state index >= 15 is 0 Å². The molecule has 0 aliphatic carbocycles. The molecular formula is C22H34N6O. The van der Waals surface area contributed by atoms with Crippen LogP contribution >= 0.6 is 0 Å². The van der Waals surface area contributed by atoms with Crippen molar-refractivity contribution >= 4 is 5.91 Å². The van der Waals surface area contributed by atoms with Crippen molar-refractivity contribution < 1.29 is 4.79 Å². The quantitative estimate of drug-likeness (QED) is 0.808. The predicted molar refractivity (Wildman–Crippen MR) is 114 cm³/mol. The van der Waals surface area contributed by atoms with E-state index in [9.17, 15) is 4.79 Å². The number of aryl methyl sites for hydroxylation is 1. The van der Waals surface area contributed by atoms with Crippen LogP contribution in [0.2, 0.25) is 0 Å². The molecule has 158 valence electrons. The number of piperidine rings is 2. The number of amides is 1. The van der Waals surface area contributed by atoms with Crippen LogP contribution < -0.4 is 5.32 Å². The minimum atomic E-state index is -0.0664. The maximum Gasteiger partial charge on any atom is 0.269 e. The number of hydrogen-bond donors (Lipinski definition) is 2. The maximum atomic E-state index is 12.8. The number of rotatable bonds is 5. The monoisotopic (exact) mass is 398 g/mol. The highest BCUT2D eigenvalue weighted by atomic mass is 16.1. The average molecular weight is 399 g/mol. The minimum absolute atomic E-state index is 0.0664. The number of carbonyl (C=O) groups excluding carboxylic acids is 1. The molecule has 29 heavy (non-hydrogen) atoms. The van der Waals surface area contributed by atoms with Crippen molar-refractivity contribution in [2.75, 3.05) is 19.6 Å². The zero-order valence-electron chi connectivity index (χ0n) is 18.2. The molecule has 2 aliphatic heterocycles. The summed E-state index contributed by atoms with van der Waals surface area (Å²) in [7, 11) is 0. The van der Waals surface area contributed by atoms with Gasteiger partial charge in [-0.05, 0) is 78.5 Å². The number of aromatic amines is 1. The van der Waals surface area contributed by atoms with Crippen molar-refractivity contribution in [3.63, 3.8) is 0 Å². The van der Waals surface area contributed by atoms with Gasteiger partial charge in [0.1, 0.15) is 5.69 Å². The molecule has 0 saturated carbocycles. The number of fused-ring (bicyclic) bond motifs is 1. The van der Waals surface area contributed by atoms with Crippen LogP contribution in [0, 0.1) is 19.8 Å². The number of nitrogens with zero attached hydrogens (tertiary/aromatic N) is 4. The molecule has 7 nitrogen and oxygen atoms in total. The van der Waals surface area contributed by atoms with Gasteiger partial charge in [0.2, 0.25) is 0 Å². The van der Waals surface area contributed by atoms with E-state index in [1.165, 1.54) is 45.2 Å². The highest BCUT2D eigenvalue weighted by molar-refractivity contribution is 5.93. The first-order valence-corrected chi connectivity index (χ1v) is 11.1. The molecule has 0 radical (unpaired) electrons. The molecule has 2 aromatic heterocycles. The summed E-state index contributed by atoms with van der Waals surface area (Å²) in [5.41, 5.74) is 4.34. The Morgan fingerprint density at radius 3 is 2.79 bits per heavy atom. The van der Waals surface area contributed by atoms with E-state index in [2.05, 4.69) is 46.3 Å². The Balaban J connectivity index is 1.43. The van der Waals surface area contributed by atoms with Crippen LogP contribution in [-0.2, 0) is 0 Å². The molecule has 4 rings (SSSR count). The standard InChI is InChI=1S/C22H34N6O/c1-14(2)28-16(4)21(15(3)26-28)18-12-19(25-24-18)22(29)23-13-17-8-7-11-27-10-6-5-9-20(17)27/h12,14,17,20H,5-11,13H2,1-4H3,(H,23,29)(H,24,25)/t17-,20-/m1/s1. The molecule has 7 heteroatoms. The van der Waals surface area contributed by atoms with E-state index in [1.807, 2.05) is 17.7 Å². The lowest BCUT2D eigenvalue weighted by molar-refractivity contribution is 0.0575. The topological polar surface area (TPSA) is 78.8 Å². The first-order valence-electron chi connectivity index (χ1n) is 11.1.